The Hall–Kier alpha value is -2.30. The number of hydrogen-bond donors (Lipinski definition) is 1. The molecule has 5 heteroatoms. The van der Waals surface area contributed by atoms with Crippen LogP contribution in [-0.2, 0) is 0 Å². The Morgan fingerprint density at radius 1 is 1.05 bits per heavy atom. The SMILES string of the molecule is CCCNc1cc(Oc2ccc(OCC)cc2)ncn1. The van der Waals surface area contributed by atoms with Crippen LogP contribution in [0.5, 0.6) is 17.4 Å². The lowest BCUT2D eigenvalue weighted by Crippen LogP contribution is -2.02. The summed E-state index contributed by atoms with van der Waals surface area (Å²) in [4.78, 5) is 8.23. The molecular formula is C15H19N3O2. The predicted octanol–water partition coefficient (Wildman–Crippen LogP) is 3.49. The molecule has 1 heterocycles. The number of rotatable bonds is 7. The normalized spacial score (nSPS) is 10.1. The van der Waals surface area contributed by atoms with E-state index in [4.69, 9.17) is 9.47 Å². The highest BCUT2D eigenvalue weighted by Crippen LogP contribution is 2.23. The van der Waals surface area contributed by atoms with E-state index in [1.807, 2.05) is 31.2 Å². The fourth-order valence-corrected chi connectivity index (χ4v) is 1.64. The summed E-state index contributed by atoms with van der Waals surface area (Å²) in [5, 5.41) is 3.20. The quantitative estimate of drug-likeness (QED) is 0.836. The van der Waals surface area contributed by atoms with Crippen LogP contribution in [0.15, 0.2) is 36.7 Å². The molecule has 2 aromatic rings. The third-order valence-corrected chi connectivity index (χ3v) is 2.56. The maximum atomic E-state index is 5.69. The molecule has 2 rings (SSSR count). The van der Waals surface area contributed by atoms with Gasteiger partial charge in [0.1, 0.15) is 23.6 Å². The molecule has 0 amide bonds. The van der Waals surface area contributed by atoms with E-state index in [2.05, 4.69) is 22.2 Å². The van der Waals surface area contributed by atoms with E-state index in [-0.39, 0.29) is 0 Å². The number of nitrogens with one attached hydrogen (secondary N) is 1. The zero-order chi connectivity index (χ0) is 14.2. The van der Waals surface area contributed by atoms with Gasteiger partial charge in [-0.25, -0.2) is 9.97 Å². The van der Waals surface area contributed by atoms with Crippen molar-refractivity contribution in [2.75, 3.05) is 18.5 Å². The van der Waals surface area contributed by atoms with Gasteiger partial charge in [0.05, 0.1) is 6.61 Å². The first-order chi connectivity index (χ1) is 9.81. The molecule has 0 radical (unpaired) electrons. The van der Waals surface area contributed by atoms with E-state index >= 15 is 0 Å². The zero-order valence-corrected chi connectivity index (χ0v) is 11.8. The van der Waals surface area contributed by atoms with Gasteiger partial charge in [-0.3, -0.25) is 0 Å². The van der Waals surface area contributed by atoms with Crippen LogP contribution in [0.3, 0.4) is 0 Å². The van der Waals surface area contributed by atoms with Crippen LogP contribution in [0.25, 0.3) is 0 Å². The standard InChI is InChI=1S/C15H19N3O2/c1-3-9-16-14-10-15(18-11-17-14)20-13-7-5-12(6-8-13)19-4-2/h5-8,10-11H,3-4,9H2,1-2H3,(H,16,17,18). The maximum Gasteiger partial charge on any atom is 0.224 e. The van der Waals surface area contributed by atoms with Gasteiger partial charge in [-0.05, 0) is 37.6 Å². The van der Waals surface area contributed by atoms with Crippen LogP contribution in [-0.4, -0.2) is 23.1 Å². The molecule has 106 valence electrons. The van der Waals surface area contributed by atoms with Crippen molar-refractivity contribution in [3.05, 3.63) is 36.7 Å². The average Bonchev–Trinajstić information content (AvgIpc) is 2.48. The maximum absolute atomic E-state index is 5.69. The fourth-order valence-electron chi connectivity index (χ4n) is 1.64. The summed E-state index contributed by atoms with van der Waals surface area (Å²) < 4.78 is 11.1. The van der Waals surface area contributed by atoms with Crippen LogP contribution < -0.4 is 14.8 Å². The lowest BCUT2D eigenvalue weighted by atomic mass is 10.3. The van der Waals surface area contributed by atoms with E-state index < -0.39 is 0 Å². The van der Waals surface area contributed by atoms with Crippen LogP contribution in [0, 0.1) is 0 Å². The minimum Gasteiger partial charge on any atom is -0.494 e. The van der Waals surface area contributed by atoms with Crippen molar-refractivity contribution in [3.63, 3.8) is 0 Å². The molecule has 0 unspecified atom stereocenters. The van der Waals surface area contributed by atoms with Gasteiger partial charge in [-0.1, -0.05) is 6.92 Å². The second-order valence-corrected chi connectivity index (χ2v) is 4.17. The van der Waals surface area contributed by atoms with E-state index in [9.17, 15) is 0 Å². The highest BCUT2D eigenvalue weighted by atomic mass is 16.5. The van der Waals surface area contributed by atoms with Gasteiger partial charge in [-0.15, -0.1) is 0 Å². The highest BCUT2D eigenvalue weighted by molar-refractivity contribution is 5.39. The zero-order valence-electron chi connectivity index (χ0n) is 11.8. The van der Waals surface area contributed by atoms with Crippen molar-refractivity contribution in [2.45, 2.75) is 20.3 Å². The Kier molecular flexibility index (Phi) is 5.17. The number of hydrogen-bond acceptors (Lipinski definition) is 5. The molecule has 0 aliphatic heterocycles. The highest BCUT2D eigenvalue weighted by Gasteiger charge is 2.02. The molecule has 0 saturated heterocycles. The van der Waals surface area contributed by atoms with E-state index in [0.29, 0.717) is 18.2 Å². The Morgan fingerprint density at radius 3 is 2.50 bits per heavy atom. The summed E-state index contributed by atoms with van der Waals surface area (Å²) in [5.74, 6) is 2.83. The lowest BCUT2D eigenvalue weighted by molar-refractivity contribution is 0.339. The van der Waals surface area contributed by atoms with Crippen molar-refractivity contribution >= 4 is 5.82 Å². The number of benzene rings is 1. The minimum absolute atomic E-state index is 0.516. The monoisotopic (exact) mass is 273 g/mol. The van der Waals surface area contributed by atoms with Crippen LogP contribution >= 0.6 is 0 Å². The Morgan fingerprint density at radius 2 is 1.80 bits per heavy atom. The topological polar surface area (TPSA) is 56.3 Å². The molecule has 0 fully saturated rings. The average molecular weight is 273 g/mol. The fraction of sp³-hybridized carbons (Fsp3) is 0.333. The summed E-state index contributed by atoms with van der Waals surface area (Å²) in [6, 6.07) is 9.23. The van der Waals surface area contributed by atoms with Crippen LogP contribution in [0.1, 0.15) is 20.3 Å². The number of aromatic nitrogens is 2. The van der Waals surface area contributed by atoms with Crippen LogP contribution in [0.4, 0.5) is 5.82 Å². The van der Waals surface area contributed by atoms with Gasteiger partial charge in [0.25, 0.3) is 0 Å². The van der Waals surface area contributed by atoms with E-state index in [1.165, 1.54) is 6.33 Å². The summed E-state index contributed by atoms with van der Waals surface area (Å²) >= 11 is 0. The minimum atomic E-state index is 0.516. The van der Waals surface area contributed by atoms with Crippen molar-refractivity contribution in [1.82, 2.24) is 9.97 Å². The molecule has 1 N–H and O–H groups in total. The van der Waals surface area contributed by atoms with Crippen LogP contribution in [0.2, 0.25) is 0 Å². The summed E-state index contributed by atoms with van der Waals surface area (Å²) in [6.45, 7) is 5.58. The molecule has 5 nitrogen and oxygen atoms in total. The largest absolute Gasteiger partial charge is 0.494 e. The molecular weight excluding hydrogens is 254 g/mol. The molecule has 0 saturated carbocycles. The van der Waals surface area contributed by atoms with Gasteiger partial charge >= 0.3 is 0 Å². The third-order valence-electron chi connectivity index (χ3n) is 2.56. The van der Waals surface area contributed by atoms with Gasteiger partial charge in [0.2, 0.25) is 5.88 Å². The molecule has 1 aromatic heterocycles. The van der Waals surface area contributed by atoms with Crippen molar-refractivity contribution < 1.29 is 9.47 Å². The molecule has 0 aliphatic carbocycles. The molecule has 20 heavy (non-hydrogen) atoms. The van der Waals surface area contributed by atoms with Crippen molar-refractivity contribution in [3.8, 4) is 17.4 Å². The first-order valence-electron chi connectivity index (χ1n) is 6.78. The molecule has 0 bridgehead atoms. The first kappa shape index (κ1) is 14.1. The van der Waals surface area contributed by atoms with Gasteiger partial charge in [0, 0.05) is 12.6 Å². The second kappa shape index (κ2) is 7.33. The van der Waals surface area contributed by atoms with E-state index in [0.717, 1.165) is 24.5 Å². The van der Waals surface area contributed by atoms with Crippen molar-refractivity contribution in [2.24, 2.45) is 0 Å². The van der Waals surface area contributed by atoms with Crippen molar-refractivity contribution in [1.29, 1.82) is 0 Å². The van der Waals surface area contributed by atoms with E-state index in [1.54, 1.807) is 6.07 Å². The number of ether oxygens (including phenoxy) is 2. The van der Waals surface area contributed by atoms with Gasteiger partial charge < -0.3 is 14.8 Å². The predicted molar refractivity (Wildman–Crippen MR) is 78.5 cm³/mol. The Labute approximate surface area is 119 Å². The third kappa shape index (κ3) is 4.12. The molecule has 0 aliphatic rings. The Balaban J connectivity index is 2.01. The molecule has 1 aromatic carbocycles. The first-order valence-corrected chi connectivity index (χ1v) is 6.78. The molecule has 0 atom stereocenters. The van der Waals surface area contributed by atoms with Gasteiger partial charge in [0.15, 0.2) is 0 Å². The van der Waals surface area contributed by atoms with Gasteiger partial charge in [-0.2, -0.15) is 0 Å². The molecule has 0 spiro atoms. The lowest BCUT2D eigenvalue weighted by Gasteiger charge is -2.08. The summed E-state index contributed by atoms with van der Waals surface area (Å²) in [7, 11) is 0. The second-order valence-electron chi connectivity index (χ2n) is 4.17. The smallest absolute Gasteiger partial charge is 0.224 e. The Bertz CT molecular complexity index is 529. The summed E-state index contributed by atoms with van der Waals surface area (Å²) in [6.07, 6.45) is 2.53. The number of nitrogens with zero attached hydrogens (tertiary/aromatic N) is 2. The number of anilines is 1. The summed E-state index contributed by atoms with van der Waals surface area (Å²) in [5.41, 5.74) is 0.